The third kappa shape index (κ3) is 3.09. The van der Waals surface area contributed by atoms with Gasteiger partial charge in [0, 0.05) is 33.6 Å². The largest absolute Gasteiger partial charge is 0.477 e. The number of thiophene rings is 1. The second kappa shape index (κ2) is 7.07. The number of nitrogens with zero attached hydrogens (tertiary/aromatic N) is 3. The third-order valence-corrected chi connectivity index (χ3v) is 7.09. The first kappa shape index (κ1) is 18.5. The lowest BCUT2D eigenvalue weighted by Gasteiger charge is -2.29. The zero-order chi connectivity index (χ0) is 20.1. The fraction of sp³-hybridized carbons (Fsp3) is 0.333. The second-order valence-electron chi connectivity index (χ2n) is 7.45. The molecule has 2 aromatic rings. The van der Waals surface area contributed by atoms with Gasteiger partial charge in [-0.3, -0.25) is 15.3 Å². The molecule has 1 aromatic heterocycles. The van der Waals surface area contributed by atoms with Crippen molar-refractivity contribution in [1.29, 1.82) is 0 Å². The first-order valence-electron chi connectivity index (χ1n) is 9.62. The van der Waals surface area contributed by atoms with Crippen LogP contribution in [0.15, 0.2) is 46.8 Å². The Labute approximate surface area is 178 Å². The van der Waals surface area contributed by atoms with Gasteiger partial charge in [0.1, 0.15) is 23.3 Å². The molecule has 0 bridgehead atoms. The van der Waals surface area contributed by atoms with Gasteiger partial charge in [0.2, 0.25) is 0 Å². The maximum atomic E-state index is 6.15. The molecule has 1 aromatic carbocycles. The van der Waals surface area contributed by atoms with E-state index in [0.29, 0.717) is 6.42 Å². The Balaban J connectivity index is 1.67. The van der Waals surface area contributed by atoms with E-state index in [2.05, 4.69) is 34.6 Å². The number of fused-ring (bicyclic) bond motifs is 3. The summed E-state index contributed by atoms with van der Waals surface area (Å²) in [5.74, 6) is 0.952. The summed E-state index contributed by atoms with van der Waals surface area (Å²) in [5.41, 5.74) is 7.81. The van der Waals surface area contributed by atoms with Crippen LogP contribution >= 0.6 is 22.9 Å². The molecule has 5 rings (SSSR count). The predicted octanol–water partition coefficient (Wildman–Crippen LogP) is 4.11. The van der Waals surface area contributed by atoms with Crippen LogP contribution in [0.1, 0.15) is 34.9 Å². The molecule has 0 aliphatic carbocycles. The number of hydrogen-bond donors (Lipinski definition) is 2. The minimum absolute atomic E-state index is 0.0537. The molecule has 3 aliphatic rings. The molecular weight excluding hydrogens is 406 g/mol. The van der Waals surface area contributed by atoms with Crippen molar-refractivity contribution in [2.75, 3.05) is 4.90 Å². The Morgan fingerprint density at radius 2 is 2.00 bits per heavy atom. The first-order chi connectivity index (χ1) is 14.0. The number of benzene rings is 1. The summed E-state index contributed by atoms with van der Waals surface area (Å²) in [6, 6.07) is 7.88. The van der Waals surface area contributed by atoms with Crippen LogP contribution in [0.25, 0.3) is 0 Å². The van der Waals surface area contributed by atoms with Crippen molar-refractivity contribution in [3.05, 3.63) is 63.3 Å². The molecule has 0 amide bonds. The van der Waals surface area contributed by atoms with Crippen molar-refractivity contribution in [2.45, 2.75) is 45.6 Å². The number of ether oxygens (including phenoxy) is 1. The molecule has 6 nitrogen and oxygen atoms in total. The summed E-state index contributed by atoms with van der Waals surface area (Å²) >= 11 is 7.95. The van der Waals surface area contributed by atoms with Crippen LogP contribution < -0.4 is 15.6 Å². The number of halogens is 1. The molecule has 3 aliphatic heterocycles. The molecule has 3 atom stereocenters. The quantitative estimate of drug-likeness (QED) is 0.773. The number of hydrogen-bond acceptors (Lipinski definition) is 7. The monoisotopic (exact) mass is 427 g/mol. The molecule has 0 saturated carbocycles. The SMILES string of the molecule is CC1=NNC2C(CC3NC=CO3)N=C(c3ccc(Cl)cc3)c3c(sc(C)c3C)N12. The van der Waals surface area contributed by atoms with Gasteiger partial charge in [0.05, 0.1) is 11.8 Å². The topological polar surface area (TPSA) is 61.3 Å². The lowest BCUT2D eigenvalue weighted by Crippen LogP contribution is -2.48. The minimum Gasteiger partial charge on any atom is -0.477 e. The molecule has 0 radical (unpaired) electrons. The smallest absolute Gasteiger partial charge is 0.171 e. The van der Waals surface area contributed by atoms with Gasteiger partial charge in [0.25, 0.3) is 0 Å². The van der Waals surface area contributed by atoms with Crippen molar-refractivity contribution in [3.63, 3.8) is 0 Å². The van der Waals surface area contributed by atoms with Crippen molar-refractivity contribution in [1.82, 2.24) is 10.7 Å². The van der Waals surface area contributed by atoms with Crippen LogP contribution in [0, 0.1) is 13.8 Å². The van der Waals surface area contributed by atoms with Crippen LogP contribution in [0.2, 0.25) is 5.02 Å². The summed E-state index contributed by atoms with van der Waals surface area (Å²) in [4.78, 5) is 8.87. The highest BCUT2D eigenvalue weighted by Crippen LogP contribution is 2.42. The number of anilines is 1. The van der Waals surface area contributed by atoms with Crippen LogP contribution in [0.4, 0.5) is 5.00 Å². The van der Waals surface area contributed by atoms with E-state index in [1.54, 1.807) is 17.6 Å². The number of nitrogens with one attached hydrogen (secondary N) is 2. The third-order valence-electron chi connectivity index (χ3n) is 5.63. The fourth-order valence-corrected chi connectivity index (χ4v) is 5.40. The molecule has 4 heterocycles. The molecule has 3 unspecified atom stereocenters. The maximum Gasteiger partial charge on any atom is 0.171 e. The van der Waals surface area contributed by atoms with Gasteiger partial charge in [-0.05, 0) is 38.5 Å². The minimum atomic E-state index is -0.0984. The summed E-state index contributed by atoms with van der Waals surface area (Å²) < 4.78 is 5.67. The Hall–Kier alpha value is -2.51. The van der Waals surface area contributed by atoms with Gasteiger partial charge in [-0.1, -0.05) is 23.7 Å². The van der Waals surface area contributed by atoms with E-state index in [0.717, 1.165) is 22.1 Å². The fourth-order valence-electron chi connectivity index (χ4n) is 4.03. The number of hydrazone groups is 1. The van der Waals surface area contributed by atoms with Crippen molar-refractivity contribution in [2.24, 2.45) is 10.1 Å². The van der Waals surface area contributed by atoms with Crippen LogP contribution in [0.3, 0.4) is 0 Å². The molecule has 29 heavy (non-hydrogen) atoms. The number of aliphatic imine (C=N–C) groups is 1. The van der Waals surface area contributed by atoms with Crippen LogP contribution in [0.5, 0.6) is 0 Å². The summed E-state index contributed by atoms with van der Waals surface area (Å²) in [5, 5.41) is 9.68. The Morgan fingerprint density at radius 1 is 1.21 bits per heavy atom. The van der Waals surface area contributed by atoms with Gasteiger partial charge in [-0.15, -0.1) is 11.3 Å². The average molecular weight is 428 g/mol. The van der Waals surface area contributed by atoms with Crippen molar-refractivity contribution < 1.29 is 4.74 Å². The highest BCUT2D eigenvalue weighted by atomic mass is 35.5. The van der Waals surface area contributed by atoms with E-state index >= 15 is 0 Å². The predicted molar refractivity (Wildman–Crippen MR) is 119 cm³/mol. The lowest BCUT2D eigenvalue weighted by molar-refractivity contribution is 0.130. The molecule has 2 N–H and O–H groups in total. The van der Waals surface area contributed by atoms with Crippen molar-refractivity contribution in [3.8, 4) is 0 Å². The maximum absolute atomic E-state index is 6.15. The van der Waals surface area contributed by atoms with E-state index in [9.17, 15) is 0 Å². The highest BCUT2D eigenvalue weighted by Gasteiger charge is 2.41. The lowest BCUT2D eigenvalue weighted by atomic mass is 9.99. The Bertz CT molecular complexity index is 1030. The molecular formula is C21H22ClN5OS. The average Bonchev–Trinajstić information content (AvgIpc) is 3.39. The van der Waals surface area contributed by atoms with E-state index in [1.807, 2.05) is 37.4 Å². The van der Waals surface area contributed by atoms with Crippen LogP contribution in [-0.4, -0.2) is 30.0 Å². The van der Waals surface area contributed by atoms with Gasteiger partial charge in [0.15, 0.2) is 6.23 Å². The molecule has 0 fully saturated rings. The van der Waals surface area contributed by atoms with E-state index in [-0.39, 0.29) is 18.4 Å². The Kier molecular flexibility index (Phi) is 4.52. The first-order valence-corrected chi connectivity index (χ1v) is 10.8. The van der Waals surface area contributed by atoms with Crippen LogP contribution in [-0.2, 0) is 4.74 Å². The summed E-state index contributed by atoms with van der Waals surface area (Å²) in [7, 11) is 0. The normalized spacial score (nSPS) is 24.7. The number of rotatable bonds is 3. The molecule has 8 heteroatoms. The molecule has 150 valence electrons. The summed E-state index contributed by atoms with van der Waals surface area (Å²) in [6.07, 6.45) is 4.09. The molecule has 0 spiro atoms. The number of amidine groups is 1. The molecule has 0 saturated heterocycles. The number of aryl methyl sites for hydroxylation is 1. The zero-order valence-corrected chi connectivity index (χ0v) is 18.0. The Morgan fingerprint density at radius 3 is 2.72 bits per heavy atom. The highest BCUT2D eigenvalue weighted by molar-refractivity contribution is 7.17. The van der Waals surface area contributed by atoms with E-state index in [4.69, 9.17) is 21.3 Å². The van der Waals surface area contributed by atoms with Gasteiger partial charge in [-0.2, -0.15) is 5.10 Å². The zero-order valence-electron chi connectivity index (χ0n) is 16.4. The van der Waals surface area contributed by atoms with Gasteiger partial charge in [-0.25, -0.2) is 0 Å². The van der Waals surface area contributed by atoms with Gasteiger partial charge >= 0.3 is 0 Å². The van der Waals surface area contributed by atoms with Crippen molar-refractivity contribution >= 4 is 39.5 Å². The van der Waals surface area contributed by atoms with E-state index < -0.39 is 0 Å². The standard InChI is InChI=1S/C21H22ClN5OS/c1-11-12(2)29-21-18(11)19(14-4-6-15(22)7-5-14)24-16(10-17-23-8-9-28-17)20-26-25-13(3)27(20)21/h4-9,16-17,20,23,26H,10H2,1-3H3. The second-order valence-corrected chi connectivity index (χ2v) is 9.09. The van der Waals surface area contributed by atoms with Gasteiger partial charge < -0.3 is 10.1 Å². The van der Waals surface area contributed by atoms with E-state index in [1.165, 1.54) is 21.0 Å². The summed E-state index contributed by atoms with van der Waals surface area (Å²) in [6.45, 7) is 6.38.